The van der Waals surface area contributed by atoms with Crippen molar-refractivity contribution in [3.05, 3.63) is 39.7 Å². The highest BCUT2D eigenvalue weighted by molar-refractivity contribution is 5.35. The predicted octanol–water partition coefficient (Wildman–Crippen LogP) is 3.43. The maximum atomic E-state index is 13.7. The number of nitro benzene ring substituents is 1. The average molecular weight is 280 g/mol. The number of benzene rings is 1. The molecule has 20 heavy (non-hydrogen) atoms. The summed E-state index contributed by atoms with van der Waals surface area (Å²) in [5.41, 5.74) is 6.32. The second-order valence-electron chi connectivity index (χ2n) is 5.94. The van der Waals surface area contributed by atoms with E-state index in [1.807, 2.05) is 0 Å². The molecule has 2 atom stereocenters. The van der Waals surface area contributed by atoms with Crippen molar-refractivity contribution in [2.75, 3.05) is 6.54 Å². The molecule has 1 aromatic carbocycles. The molecule has 0 bridgehead atoms. The van der Waals surface area contributed by atoms with Crippen LogP contribution in [0.2, 0.25) is 0 Å². The van der Waals surface area contributed by atoms with E-state index >= 15 is 0 Å². The van der Waals surface area contributed by atoms with Crippen molar-refractivity contribution >= 4 is 5.69 Å². The fourth-order valence-electron chi connectivity index (χ4n) is 3.33. The van der Waals surface area contributed by atoms with Crippen molar-refractivity contribution in [2.24, 2.45) is 17.1 Å². The van der Waals surface area contributed by atoms with E-state index < -0.39 is 16.4 Å². The lowest BCUT2D eigenvalue weighted by atomic mass is 9.79. The Morgan fingerprint density at radius 3 is 2.80 bits per heavy atom. The molecule has 1 aromatic rings. The van der Waals surface area contributed by atoms with Crippen LogP contribution in [0.25, 0.3) is 0 Å². The minimum atomic E-state index is -0.760. The molecule has 0 amide bonds. The van der Waals surface area contributed by atoms with E-state index in [1.165, 1.54) is 18.6 Å². The summed E-state index contributed by atoms with van der Waals surface area (Å²) < 4.78 is 13.7. The van der Waals surface area contributed by atoms with Crippen LogP contribution in [0.4, 0.5) is 10.1 Å². The van der Waals surface area contributed by atoms with Gasteiger partial charge in [-0.25, -0.2) is 0 Å². The Labute approximate surface area is 118 Å². The maximum absolute atomic E-state index is 13.7. The van der Waals surface area contributed by atoms with Crippen LogP contribution in [0.5, 0.6) is 0 Å². The molecule has 4 nitrogen and oxygen atoms in total. The highest BCUT2D eigenvalue weighted by Crippen LogP contribution is 2.44. The SMILES string of the molecule is CCC1CCC(CN)(Cc2ccc([N+](=O)[O-])c(F)c2)C1. The van der Waals surface area contributed by atoms with Gasteiger partial charge in [-0.05, 0) is 55.2 Å². The molecule has 1 saturated carbocycles. The van der Waals surface area contributed by atoms with Crippen molar-refractivity contribution in [1.29, 1.82) is 0 Å². The normalized spacial score (nSPS) is 25.9. The Bertz CT molecular complexity index is 507. The molecule has 0 saturated heterocycles. The first-order valence-electron chi connectivity index (χ1n) is 7.12. The molecule has 110 valence electrons. The van der Waals surface area contributed by atoms with Crippen LogP contribution < -0.4 is 5.73 Å². The monoisotopic (exact) mass is 280 g/mol. The third-order valence-corrected chi connectivity index (χ3v) is 4.60. The van der Waals surface area contributed by atoms with Crippen molar-refractivity contribution in [2.45, 2.75) is 39.0 Å². The standard InChI is InChI=1S/C15H21FN2O2/c1-2-11-5-6-15(8-11,10-17)9-12-3-4-14(18(19)20)13(16)7-12/h3-4,7,11H,2,5-6,8-10,17H2,1H3. The lowest BCUT2D eigenvalue weighted by Crippen LogP contribution is -2.30. The van der Waals surface area contributed by atoms with Gasteiger partial charge in [0.05, 0.1) is 4.92 Å². The average Bonchev–Trinajstić information content (AvgIpc) is 2.82. The zero-order valence-corrected chi connectivity index (χ0v) is 11.8. The summed E-state index contributed by atoms with van der Waals surface area (Å²) in [7, 11) is 0. The number of halogens is 1. The van der Waals surface area contributed by atoms with E-state index in [2.05, 4.69) is 6.92 Å². The summed E-state index contributed by atoms with van der Waals surface area (Å²) in [6, 6.07) is 4.19. The van der Waals surface area contributed by atoms with Gasteiger partial charge in [0.2, 0.25) is 5.82 Å². The Balaban J connectivity index is 2.16. The van der Waals surface area contributed by atoms with E-state index in [0.29, 0.717) is 18.9 Å². The topological polar surface area (TPSA) is 69.2 Å². The number of hydrogen-bond acceptors (Lipinski definition) is 3. The molecule has 1 aliphatic rings. The summed E-state index contributed by atoms with van der Waals surface area (Å²) in [6.45, 7) is 2.77. The first-order chi connectivity index (χ1) is 9.49. The fraction of sp³-hybridized carbons (Fsp3) is 0.600. The van der Waals surface area contributed by atoms with Gasteiger partial charge in [0.15, 0.2) is 0 Å². The molecule has 0 aromatic heterocycles. The van der Waals surface area contributed by atoms with Gasteiger partial charge >= 0.3 is 5.69 Å². The van der Waals surface area contributed by atoms with E-state index in [0.717, 1.165) is 24.8 Å². The molecule has 0 heterocycles. The van der Waals surface area contributed by atoms with Crippen molar-refractivity contribution < 1.29 is 9.31 Å². The molecule has 2 unspecified atom stereocenters. The largest absolute Gasteiger partial charge is 0.330 e. The van der Waals surface area contributed by atoms with Crippen LogP contribution in [-0.2, 0) is 6.42 Å². The van der Waals surface area contributed by atoms with Crippen LogP contribution in [0.3, 0.4) is 0 Å². The molecule has 5 heteroatoms. The van der Waals surface area contributed by atoms with Crippen LogP contribution in [0.15, 0.2) is 18.2 Å². The molecule has 0 spiro atoms. The van der Waals surface area contributed by atoms with Crippen molar-refractivity contribution in [3.63, 3.8) is 0 Å². The molecular formula is C15H21FN2O2. The lowest BCUT2D eigenvalue weighted by molar-refractivity contribution is -0.387. The van der Waals surface area contributed by atoms with Gasteiger partial charge in [-0.2, -0.15) is 4.39 Å². The van der Waals surface area contributed by atoms with E-state index in [4.69, 9.17) is 5.73 Å². The van der Waals surface area contributed by atoms with Gasteiger partial charge in [0.25, 0.3) is 0 Å². The van der Waals surface area contributed by atoms with Crippen LogP contribution >= 0.6 is 0 Å². The predicted molar refractivity (Wildman–Crippen MR) is 75.9 cm³/mol. The second kappa shape index (κ2) is 5.87. The highest BCUT2D eigenvalue weighted by atomic mass is 19.1. The van der Waals surface area contributed by atoms with Gasteiger partial charge in [0, 0.05) is 6.07 Å². The summed E-state index contributed by atoms with van der Waals surface area (Å²) >= 11 is 0. The Hall–Kier alpha value is -1.49. The first-order valence-corrected chi connectivity index (χ1v) is 7.12. The molecule has 2 rings (SSSR count). The van der Waals surface area contributed by atoms with E-state index in [-0.39, 0.29) is 5.41 Å². The summed E-state index contributed by atoms with van der Waals surface area (Å²) in [4.78, 5) is 9.93. The fourth-order valence-corrected chi connectivity index (χ4v) is 3.33. The number of rotatable bonds is 5. The summed E-state index contributed by atoms with van der Waals surface area (Å²) in [5, 5.41) is 10.6. The van der Waals surface area contributed by atoms with Gasteiger partial charge in [-0.1, -0.05) is 19.4 Å². The Morgan fingerprint density at radius 2 is 2.30 bits per heavy atom. The molecule has 0 radical (unpaired) electrons. The van der Waals surface area contributed by atoms with Crippen LogP contribution in [-0.4, -0.2) is 11.5 Å². The zero-order valence-electron chi connectivity index (χ0n) is 11.8. The van der Waals surface area contributed by atoms with E-state index in [9.17, 15) is 14.5 Å². The smallest absolute Gasteiger partial charge is 0.304 e. The second-order valence-corrected chi connectivity index (χ2v) is 5.94. The number of hydrogen-bond donors (Lipinski definition) is 1. The number of nitrogens with zero attached hydrogens (tertiary/aromatic N) is 1. The minimum Gasteiger partial charge on any atom is -0.330 e. The maximum Gasteiger partial charge on any atom is 0.304 e. The minimum absolute atomic E-state index is 0.0310. The highest BCUT2D eigenvalue weighted by Gasteiger charge is 2.37. The Morgan fingerprint density at radius 1 is 1.55 bits per heavy atom. The van der Waals surface area contributed by atoms with Crippen molar-refractivity contribution in [3.8, 4) is 0 Å². The van der Waals surface area contributed by atoms with Gasteiger partial charge in [0.1, 0.15) is 0 Å². The zero-order chi connectivity index (χ0) is 14.8. The molecule has 2 N–H and O–H groups in total. The van der Waals surface area contributed by atoms with Crippen LogP contribution in [0, 0.1) is 27.3 Å². The van der Waals surface area contributed by atoms with Crippen LogP contribution in [0.1, 0.15) is 38.2 Å². The molecule has 0 aliphatic heterocycles. The summed E-state index contributed by atoms with van der Waals surface area (Å²) in [6.07, 6.45) is 5.15. The molecular weight excluding hydrogens is 259 g/mol. The lowest BCUT2D eigenvalue weighted by Gasteiger charge is -2.28. The third kappa shape index (κ3) is 2.98. The third-order valence-electron chi connectivity index (χ3n) is 4.60. The number of nitro groups is 1. The first kappa shape index (κ1) is 14.9. The number of nitrogens with two attached hydrogens (primary N) is 1. The molecule has 1 fully saturated rings. The summed E-state index contributed by atoms with van der Waals surface area (Å²) in [5.74, 6) is -0.0637. The van der Waals surface area contributed by atoms with Gasteiger partial charge < -0.3 is 5.73 Å². The quantitative estimate of drug-likeness (QED) is 0.663. The van der Waals surface area contributed by atoms with Crippen molar-refractivity contribution in [1.82, 2.24) is 0 Å². The Kier molecular flexibility index (Phi) is 4.38. The van der Waals surface area contributed by atoms with E-state index in [1.54, 1.807) is 6.07 Å². The van der Waals surface area contributed by atoms with Gasteiger partial charge in [-0.3, -0.25) is 10.1 Å². The van der Waals surface area contributed by atoms with Gasteiger partial charge in [-0.15, -0.1) is 0 Å². The molecule has 1 aliphatic carbocycles.